The second-order valence-electron chi connectivity index (χ2n) is 7.18. The highest BCUT2D eigenvalue weighted by Crippen LogP contribution is 2.23. The van der Waals surface area contributed by atoms with Crippen molar-refractivity contribution in [1.29, 1.82) is 0 Å². The van der Waals surface area contributed by atoms with Gasteiger partial charge in [0.25, 0.3) is 5.91 Å². The summed E-state index contributed by atoms with van der Waals surface area (Å²) >= 11 is 0. The number of methoxy groups -OCH3 is 1. The van der Waals surface area contributed by atoms with E-state index in [0.717, 1.165) is 33.3 Å². The van der Waals surface area contributed by atoms with Crippen molar-refractivity contribution >= 4 is 28.4 Å². The largest absolute Gasteiger partial charge is 0.497 e. The van der Waals surface area contributed by atoms with Gasteiger partial charge in [-0.1, -0.05) is 17.7 Å². The Hall–Kier alpha value is -3.41. The highest BCUT2D eigenvalue weighted by molar-refractivity contribution is 6.02. The smallest absolute Gasteiger partial charge is 0.253 e. The Morgan fingerprint density at radius 1 is 1.00 bits per heavy atom. The monoisotopic (exact) mass is 391 g/mol. The Morgan fingerprint density at radius 3 is 2.34 bits per heavy atom. The van der Waals surface area contributed by atoms with E-state index in [1.54, 1.807) is 20.1 Å². The second kappa shape index (κ2) is 8.31. The van der Waals surface area contributed by atoms with E-state index in [9.17, 15) is 9.59 Å². The van der Waals surface area contributed by atoms with Crippen LogP contribution in [-0.4, -0.2) is 30.5 Å². The van der Waals surface area contributed by atoms with Gasteiger partial charge in [0.15, 0.2) is 0 Å². The lowest BCUT2D eigenvalue weighted by Crippen LogP contribution is -2.33. The molecule has 1 aromatic heterocycles. The summed E-state index contributed by atoms with van der Waals surface area (Å²) in [5.41, 5.74) is 5.70. The van der Waals surface area contributed by atoms with Crippen molar-refractivity contribution < 1.29 is 14.3 Å². The van der Waals surface area contributed by atoms with Crippen molar-refractivity contribution in [3.05, 3.63) is 64.3 Å². The average molecular weight is 391 g/mol. The highest BCUT2D eigenvalue weighted by Gasteiger charge is 2.14. The van der Waals surface area contributed by atoms with Crippen molar-refractivity contribution in [3.63, 3.8) is 0 Å². The van der Waals surface area contributed by atoms with Crippen LogP contribution in [0.5, 0.6) is 5.75 Å². The van der Waals surface area contributed by atoms with E-state index in [2.05, 4.69) is 15.6 Å². The third-order valence-corrected chi connectivity index (χ3v) is 4.81. The van der Waals surface area contributed by atoms with Gasteiger partial charge in [0.2, 0.25) is 5.91 Å². The molecule has 0 saturated heterocycles. The van der Waals surface area contributed by atoms with Gasteiger partial charge in [-0.3, -0.25) is 14.6 Å². The van der Waals surface area contributed by atoms with E-state index in [4.69, 9.17) is 4.74 Å². The first-order chi connectivity index (χ1) is 13.8. The number of hydrogen-bond donors (Lipinski definition) is 2. The van der Waals surface area contributed by atoms with Crippen molar-refractivity contribution in [1.82, 2.24) is 10.3 Å². The summed E-state index contributed by atoms with van der Waals surface area (Å²) < 4.78 is 5.21. The van der Waals surface area contributed by atoms with Gasteiger partial charge in [0, 0.05) is 17.1 Å². The first-order valence-corrected chi connectivity index (χ1v) is 9.40. The summed E-state index contributed by atoms with van der Waals surface area (Å²) in [7, 11) is 1.60. The number of amides is 2. The Kier molecular flexibility index (Phi) is 5.82. The molecule has 0 unspecified atom stereocenters. The third-order valence-electron chi connectivity index (χ3n) is 4.81. The minimum absolute atomic E-state index is 0.119. The maximum absolute atomic E-state index is 12.6. The minimum Gasteiger partial charge on any atom is -0.497 e. The summed E-state index contributed by atoms with van der Waals surface area (Å²) in [6, 6.07) is 11.3. The van der Waals surface area contributed by atoms with Gasteiger partial charge in [-0.15, -0.1) is 0 Å². The molecule has 1 heterocycles. The molecule has 0 bridgehead atoms. The van der Waals surface area contributed by atoms with Crippen molar-refractivity contribution in [2.24, 2.45) is 0 Å². The number of rotatable bonds is 5. The van der Waals surface area contributed by atoms with Gasteiger partial charge in [-0.05, 0) is 57.0 Å². The Labute approximate surface area is 170 Å². The predicted octanol–water partition coefficient (Wildman–Crippen LogP) is 3.85. The molecule has 6 heteroatoms. The zero-order valence-electron chi connectivity index (χ0n) is 17.3. The van der Waals surface area contributed by atoms with E-state index in [1.807, 2.05) is 51.1 Å². The van der Waals surface area contributed by atoms with E-state index < -0.39 is 0 Å². The lowest BCUT2D eigenvalue weighted by atomic mass is 10.1. The first-order valence-electron chi connectivity index (χ1n) is 9.40. The third kappa shape index (κ3) is 4.54. The molecular formula is C23H25N3O3. The summed E-state index contributed by atoms with van der Waals surface area (Å²) in [6.45, 7) is 7.57. The molecule has 0 aliphatic carbocycles. The lowest BCUT2D eigenvalue weighted by Gasteiger charge is -2.13. The molecule has 0 radical (unpaired) electrons. The number of carbonyl (C=O) groups is 2. The first kappa shape index (κ1) is 20.3. The molecule has 0 atom stereocenters. The van der Waals surface area contributed by atoms with Gasteiger partial charge in [-0.25, -0.2) is 0 Å². The molecule has 29 heavy (non-hydrogen) atoms. The molecular weight excluding hydrogens is 366 g/mol. The van der Waals surface area contributed by atoms with E-state index in [0.29, 0.717) is 17.0 Å². The number of hydrogen-bond acceptors (Lipinski definition) is 4. The zero-order chi connectivity index (χ0) is 21.1. The van der Waals surface area contributed by atoms with Crippen LogP contribution in [0.3, 0.4) is 0 Å². The standard InChI is InChI=1S/C23H25N3O3/c1-13-8-14(2)22(15(3)9-13)26-21(27)12-24-23(28)19-10-17-6-7-18(29-5)11-20(17)25-16(19)4/h6-11H,12H2,1-5H3,(H,24,28)(H,26,27). The Morgan fingerprint density at radius 2 is 1.69 bits per heavy atom. The SMILES string of the molecule is COc1ccc2cc(C(=O)NCC(=O)Nc3c(C)cc(C)cc3C)c(C)nc2c1. The van der Waals surface area contributed by atoms with Crippen molar-refractivity contribution in [3.8, 4) is 5.75 Å². The quantitative estimate of drug-likeness (QED) is 0.692. The predicted molar refractivity (Wildman–Crippen MR) is 115 cm³/mol. The van der Waals surface area contributed by atoms with E-state index >= 15 is 0 Å². The summed E-state index contributed by atoms with van der Waals surface area (Å²) in [4.78, 5) is 29.5. The summed E-state index contributed by atoms with van der Waals surface area (Å²) in [6.07, 6.45) is 0. The number of pyridine rings is 1. The molecule has 6 nitrogen and oxygen atoms in total. The van der Waals surface area contributed by atoms with Crippen LogP contribution in [0.2, 0.25) is 0 Å². The van der Waals surface area contributed by atoms with Crippen molar-refractivity contribution in [2.75, 3.05) is 19.0 Å². The number of ether oxygens (including phenoxy) is 1. The topological polar surface area (TPSA) is 80.3 Å². The molecule has 0 aliphatic rings. The van der Waals surface area contributed by atoms with Gasteiger partial charge >= 0.3 is 0 Å². The van der Waals surface area contributed by atoms with Crippen molar-refractivity contribution in [2.45, 2.75) is 27.7 Å². The van der Waals surface area contributed by atoms with E-state index in [-0.39, 0.29) is 18.4 Å². The lowest BCUT2D eigenvalue weighted by molar-refractivity contribution is -0.115. The molecule has 2 aromatic carbocycles. The fourth-order valence-electron chi connectivity index (χ4n) is 3.42. The van der Waals surface area contributed by atoms with Gasteiger partial charge in [0.1, 0.15) is 5.75 Å². The Balaban J connectivity index is 1.70. The average Bonchev–Trinajstić information content (AvgIpc) is 2.67. The van der Waals surface area contributed by atoms with Crippen LogP contribution in [0.25, 0.3) is 10.9 Å². The highest BCUT2D eigenvalue weighted by atomic mass is 16.5. The molecule has 0 spiro atoms. The molecule has 2 N–H and O–H groups in total. The number of anilines is 1. The zero-order valence-corrected chi connectivity index (χ0v) is 17.3. The van der Waals surface area contributed by atoms with Crippen LogP contribution in [-0.2, 0) is 4.79 Å². The van der Waals surface area contributed by atoms with Crippen LogP contribution < -0.4 is 15.4 Å². The normalized spacial score (nSPS) is 10.7. The van der Waals surface area contributed by atoms with Gasteiger partial charge < -0.3 is 15.4 Å². The number of fused-ring (bicyclic) bond motifs is 1. The van der Waals surface area contributed by atoms with Crippen LogP contribution in [0.1, 0.15) is 32.7 Å². The molecule has 0 fully saturated rings. The molecule has 0 aliphatic heterocycles. The fourth-order valence-corrected chi connectivity index (χ4v) is 3.42. The maximum atomic E-state index is 12.6. The minimum atomic E-state index is -0.333. The number of nitrogens with zero attached hydrogens (tertiary/aromatic N) is 1. The van der Waals surface area contributed by atoms with Gasteiger partial charge in [0.05, 0.1) is 30.4 Å². The number of nitrogens with one attached hydrogen (secondary N) is 2. The summed E-state index contributed by atoms with van der Waals surface area (Å²) in [5.74, 6) is 0.102. The Bertz CT molecular complexity index is 1080. The molecule has 2 amide bonds. The molecule has 0 saturated carbocycles. The van der Waals surface area contributed by atoms with Gasteiger partial charge in [-0.2, -0.15) is 0 Å². The van der Waals surface area contributed by atoms with Crippen LogP contribution in [0.4, 0.5) is 5.69 Å². The number of aromatic nitrogens is 1. The summed E-state index contributed by atoms with van der Waals surface area (Å²) in [5, 5.41) is 6.40. The maximum Gasteiger partial charge on any atom is 0.253 e. The molecule has 150 valence electrons. The van der Waals surface area contributed by atoms with Crippen LogP contribution in [0.15, 0.2) is 36.4 Å². The number of benzene rings is 2. The van der Waals surface area contributed by atoms with Crippen LogP contribution >= 0.6 is 0 Å². The van der Waals surface area contributed by atoms with Crippen LogP contribution in [0, 0.1) is 27.7 Å². The number of carbonyl (C=O) groups excluding carboxylic acids is 2. The molecule has 3 rings (SSSR count). The second-order valence-corrected chi connectivity index (χ2v) is 7.18. The van der Waals surface area contributed by atoms with E-state index in [1.165, 1.54) is 0 Å². The molecule has 3 aromatic rings. The number of aryl methyl sites for hydroxylation is 4. The fraction of sp³-hybridized carbons (Fsp3) is 0.261.